The zero-order valence-corrected chi connectivity index (χ0v) is 16.7. The number of benzene rings is 1. The van der Waals surface area contributed by atoms with Crippen LogP contribution in [0.25, 0.3) is 5.69 Å². The van der Waals surface area contributed by atoms with Crippen LogP contribution in [0.5, 0.6) is 5.75 Å². The predicted octanol–water partition coefficient (Wildman–Crippen LogP) is 3.97. The van der Waals surface area contributed by atoms with Gasteiger partial charge in [0.15, 0.2) is 5.78 Å². The molecule has 154 valence electrons. The highest BCUT2D eigenvalue weighted by Gasteiger charge is 2.31. The van der Waals surface area contributed by atoms with Crippen LogP contribution in [0.15, 0.2) is 35.5 Å². The molecule has 0 atom stereocenters. The molecule has 0 N–H and O–H groups in total. The number of Topliss-reactive ketones (excluding diaryl/α,β-unsaturated/α-hetero) is 1. The number of alkyl halides is 3. The van der Waals surface area contributed by atoms with Crippen LogP contribution in [0, 0.1) is 13.8 Å². The van der Waals surface area contributed by atoms with E-state index in [1.165, 1.54) is 28.9 Å². The lowest BCUT2D eigenvalue weighted by Crippen LogP contribution is -2.17. The lowest BCUT2D eigenvalue weighted by atomic mass is 10.2. The second-order valence-electron chi connectivity index (χ2n) is 6.16. The van der Waals surface area contributed by atoms with Gasteiger partial charge in [0.1, 0.15) is 5.75 Å². The Morgan fingerprint density at radius 3 is 2.48 bits per heavy atom. The third kappa shape index (κ3) is 4.78. The molecule has 0 saturated heterocycles. The van der Waals surface area contributed by atoms with Crippen molar-refractivity contribution in [1.82, 2.24) is 24.8 Å². The van der Waals surface area contributed by atoms with Crippen LogP contribution in [0.1, 0.15) is 28.7 Å². The van der Waals surface area contributed by atoms with Crippen molar-refractivity contribution in [3.8, 4) is 11.4 Å². The first-order chi connectivity index (χ1) is 13.7. The average molecular weight is 425 g/mol. The number of aromatic nitrogens is 5. The van der Waals surface area contributed by atoms with Crippen LogP contribution in [-0.4, -0.2) is 42.7 Å². The fourth-order valence-corrected chi connectivity index (χ4v) is 3.77. The fraction of sp³-hybridized carbons (Fsp3) is 0.333. The highest BCUT2D eigenvalue weighted by molar-refractivity contribution is 7.99. The highest BCUT2D eigenvalue weighted by atomic mass is 32.2. The molecule has 0 unspecified atom stereocenters. The number of aryl methyl sites for hydroxylation is 1. The van der Waals surface area contributed by atoms with Gasteiger partial charge in [0.05, 0.1) is 11.4 Å². The Labute approximate surface area is 168 Å². The molecule has 0 aliphatic heterocycles. The third-order valence-corrected chi connectivity index (χ3v) is 5.20. The number of rotatable bonds is 7. The van der Waals surface area contributed by atoms with Crippen molar-refractivity contribution in [3.05, 3.63) is 47.3 Å². The first-order valence-corrected chi connectivity index (χ1v) is 9.65. The molecule has 3 aromatic rings. The molecule has 0 aliphatic carbocycles. The summed E-state index contributed by atoms with van der Waals surface area (Å²) in [4.78, 5) is 12.6. The number of ether oxygens (including phenoxy) is 1. The van der Waals surface area contributed by atoms with Gasteiger partial charge in [0.25, 0.3) is 0 Å². The summed E-state index contributed by atoms with van der Waals surface area (Å²) >= 11 is 1.15. The normalized spacial score (nSPS) is 11.7. The van der Waals surface area contributed by atoms with Gasteiger partial charge in [-0.25, -0.2) is 0 Å². The van der Waals surface area contributed by atoms with Crippen molar-refractivity contribution in [2.24, 2.45) is 0 Å². The summed E-state index contributed by atoms with van der Waals surface area (Å²) in [6, 6.07) is 7.01. The van der Waals surface area contributed by atoms with Crippen molar-refractivity contribution in [2.75, 3.05) is 5.75 Å². The molecule has 0 spiro atoms. The highest BCUT2D eigenvalue weighted by Crippen LogP contribution is 2.25. The zero-order chi connectivity index (χ0) is 21.2. The zero-order valence-electron chi connectivity index (χ0n) is 15.9. The number of carbonyl (C=O) groups excluding carboxylic acids is 1. The molecular weight excluding hydrogens is 407 g/mol. The van der Waals surface area contributed by atoms with E-state index in [0.29, 0.717) is 16.4 Å². The number of tetrazole rings is 1. The Bertz CT molecular complexity index is 1010. The van der Waals surface area contributed by atoms with E-state index in [2.05, 4.69) is 24.8 Å². The minimum absolute atomic E-state index is 0.0497. The van der Waals surface area contributed by atoms with E-state index in [1.54, 1.807) is 0 Å². The molecule has 29 heavy (non-hydrogen) atoms. The van der Waals surface area contributed by atoms with E-state index in [9.17, 15) is 18.0 Å². The van der Waals surface area contributed by atoms with E-state index < -0.39 is 6.36 Å². The standard InChI is InChI=1S/C18H18F3N5O2S/c1-4-25-11(2)9-15(12(25)3)16(27)10-29-17-22-23-24-26(17)13-5-7-14(8-6-13)28-18(19,20)21/h5-9H,4,10H2,1-3H3. The molecule has 7 nitrogen and oxygen atoms in total. The number of halogens is 3. The number of nitrogens with zero attached hydrogens (tertiary/aromatic N) is 5. The van der Waals surface area contributed by atoms with Gasteiger partial charge in [-0.3, -0.25) is 4.79 Å². The molecule has 2 heterocycles. The fourth-order valence-electron chi connectivity index (χ4n) is 3.00. The summed E-state index contributed by atoms with van der Waals surface area (Å²) in [5, 5.41) is 11.7. The minimum atomic E-state index is -4.76. The summed E-state index contributed by atoms with van der Waals surface area (Å²) in [7, 11) is 0. The summed E-state index contributed by atoms with van der Waals surface area (Å²) in [6.45, 7) is 6.66. The Morgan fingerprint density at radius 2 is 1.90 bits per heavy atom. The Morgan fingerprint density at radius 1 is 1.21 bits per heavy atom. The number of carbonyl (C=O) groups is 1. The minimum Gasteiger partial charge on any atom is -0.406 e. The van der Waals surface area contributed by atoms with Crippen LogP contribution in [-0.2, 0) is 6.54 Å². The molecule has 0 radical (unpaired) electrons. The Hall–Kier alpha value is -2.82. The third-order valence-electron chi connectivity index (χ3n) is 4.28. The second-order valence-corrected chi connectivity index (χ2v) is 7.10. The van der Waals surface area contributed by atoms with Crippen molar-refractivity contribution in [3.63, 3.8) is 0 Å². The Kier molecular flexibility index (Phi) is 5.96. The topological polar surface area (TPSA) is 74.8 Å². The maximum absolute atomic E-state index is 12.6. The first kappa shape index (κ1) is 20.9. The molecule has 11 heteroatoms. The van der Waals surface area contributed by atoms with Gasteiger partial charge in [0, 0.05) is 23.5 Å². The van der Waals surface area contributed by atoms with Crippen LogP contribution < -0.4 is 4.74 Å². The van der Waals surface area contributed by atoms with Crippen molar-refractivity contribution in [1.29, 1.82) is 0 Å². The molecule has 3 rings (SSSR count). The number of thioether (sulfide) groups is 1. The van der Waals surface area contributed by atoms with Crippen LogP contribution >= 0.6 is 11.8 Å². The number of hydrogen-bond acceptors (Lipinski definition) is 6. The van der Waals surface area contributed by atoms with E-state index in [1.807, 2.05) is 26.8 Å². The van der Waals surface area contributed by atoms with E-state index in [-0.39, 0.29) is 17.3 Å². The van der Waals surface area contributed by atoms with Gasteiger partial charge in [-0.2, -0.15) is 4.68 Å². The maximum Gasteiger partial charge on any atom is 0.573 e. The van der Waals surface area contributed by atoms with Gasteiger partial charge < -0.3 is 9.30 Å². The van der Waals surface area contributed by atoms with Gasteiger partial charge in [-0.15, -0.1) is 18.3 Å². The first-order valence-electron chi connectivity index (χ1n) is 8.67. The smallest absolute Gasteiger partial charge is 0.406 e. The van der Waals surface area contributed by atoms with E-state index in [0.717, 1.165) is 29.7 Å². The van der Waals surface area contributed by atoms with Gasteiger partial charge >= 0.3 is 6.36 Å². The van der Waals surface area contributed by atoms with Gasteiger partial charge in [0.2, 0.25) is 5.16 Å². The predicted molar refractivity (Wildman–Crippen MR) is 100 cm³/mol. The van der Waals surface area contributed by atoms with Crippen LogP contribution in [0.3, 0.4) is 0 Å². The van der Waals surface area contributed by atoms with E-state index in [4.69, 9.17) is 0 Å². The molecular formula is C18H18F3N5O2S. The quantitative estimate of drug-likeness (QED) is 0.421. The van der Waals surface area contributed by atoms with Crippen LogP contribution in [0.4, 0.5) is 13.2 Å². The molecule has 0 amide bonds. The van der Waals surface area contributed by atoms with Gasteiger partial charge in [-0.05, 0) is 61.5 Å². The summed E-state index contributed by atoms with van der Waals surface area (Å²) in [6.07, 6.45) is -4.76. The lowest BCUT2D eigenvalue weighted by molar-refractivity contribution is -0.274. The average Bonchev–Trinajstić information content (AvgIpc) is 3.23. The van der Waals surface area contributed by atoms with Gasteiger partial charge in [-0.1, -0.05) is 11.8 Å². The monoisotopic (exact) mass is 425 g/mol. The molecule has 0 saturated carbocycles. The van der Waals surface area contributed by atoms with Crippen molar-refractivity contribution in [2.45, 2.75) is 38.8 Å². The number of ketones is 1. The molecule has 0 fully saturated rings. The SMILES string of the molecule is CCn1c(C)cc(C(=O)CSc2nnnn2-c2ccc(OC(F)(F)F)cc2)c1C. The summed E-state index contributed by atoms with van der Waals surface area (Å²) in [5.74, 6) is -0.264. The van der Waals surface area contributed by atoms with Crippen LogP contribution in [0.2, 0.25) is 0 Å². The molecule has 2 aromatic heterocycles. The molecule has 1 aromatic carbocycles. The molecule has 0 aliphatic rings. The maximum atomic E-state index is 12.6. The second kappa shape index (κ2) is 8.27. The number of hydrogen-bond donors (Lipinski definition) is 0. The van der Waals surface area contributed by atoms with Crippen molar-refractivity contribution >= 4 is 17.5 Å². The summed E-state index contributed by atoms with van der Waals surface area (Å²) < 4.78 is 44.1. The molecule has 0 bridgehead atoms. The lowest BCUT2D eigenvalue weighted by Gasteiger charge is -2.09. The Balaban J connectivity index is 1.72. The van der Waals surface area contributed by atoms with E-state index >= 15 is 0 Å². The largest absolute Gasteiger partial charge is 0.573 e. The summed E-state index contributed by atoms with van der Waals surface area (Å²) in [5.41, 5.74) is 3.04. The van der Waals surface area contributed by atoms with Crippen molar-refractivity contribution < 1.29 is 22.7 Å².